The Hall–Kier alpha value is -1.51. The summed E-state index contributed by atoms with van der Waals surface area (Å²) in [6.07, 6.45) is 3.90. The van der Waals surface area contributed by atoms with Crippen molar-refractivity contribution in [1.29, 1.82) is 0 Å². The van der Waals surface area contributed by atoms with Crippen molar-refractivity contribution in [2.75, 3.05) is 6.61 Å². The number of carboxylic acids is 1. The predicted octanol–water partition coefficient (Wildman–Crippen LogP) is 4.70. The van der Waals surface area contributed by atoms with Crippen molar-refractivity contribution in [2.24, 2.45) is 11.8 Å². The largest absolute Gasteiger partial charge is 0.493 e. The van der Waals surface area contributed by atoms with Crippen LogP contribution in [-0.4, -0.2) is 17.7 Å². The minimum atomic E-state index is -0.629. The topological polar surface area (TPSA) is 46.5 Å². The van der Waals surface area contributed by atoms with Crippen LogP contribution < -0.4 is 4.74 Å². The number of carboxylic acid groups (broad SMARTS) is 1. The number of ether oxygens (including phenoxy) is 1. The Balaban J connectivity index is 2.12. The van der Waals surface area contributed by atoms with Gasteiger partial charge in [-0.2, -0.15) is 0 Å². The first-order valence-electron chi connectivity index (χ1n) is 8.45. The van der Waals surface area contributed by atoms with Crippen LogP contribution >= 0.6 is 0 Å². The molecule has 1 aliphatic rings. The summed E-state index contributed by atoms with van der Waals surface area (Å²) < 4.78 is 5.80. The zero-order valence-corrected chi connectivity index (χ0v) is 14.2. The maximum Gasteiger partial charge on any atom is 0.306 e. The molecule has 0 radical (unpaired) electrons. The van der Waals surface area contributed by atoms with Crippen LogP contribution in [0.25, 0.3) is 0 Å². The fourth-order valence-electron chi connectivity index (χ4n) is 3.32. The van der Waals surface area contributed by atoms with Crippen LogP contribution in [0.5, 0.6) is 5.75 Å². The maximum atomic E-state index is 11.0. The van der Waals surface area contributed by atoms with Crippen molar-refractivity contribution in [2.45, 2.75) is 59.3 Å². The first-order chi connectivity index (χ1) is 10.5. The van der Waals surface area contributed by atoms with Gasteiger partial charge in [-0.25, -0.2) is 0 Å². The van der Waals surface area contributed by atoms with Crippen LogP contribution in [0.3, 0.4) is 0 Å². The van der Waals surface area contributed by atoms with Crippen LogP contribution in [0.15, 0.2) is 12.1 Å². The summed E-state index contributed by atoms with van der Waals surface area (Å²) in [7, 11) is 0. The van der Waals surface area contributed by atoms with Crippen molar-refractivity contribution in [1.82, 2.24) is 0 Å². The summed E-state index contributed by atoms with van der Waals surface area (Å²) in [5, 5.41) is 9.08. The van der Waals surface area contributed by atoms with Gasteiger partial charge >= 0.3 is 5.97 Å². The third-order valence-corrected chi connectivity index (χ3v) is 5.00. The van der Waals surface area contributed by atoms with Crippen molar-refractivity contribution in [3.05, 3.63) is 28.8 Å². The normalized spacial score (nSPS) is 21.5. The molecule has 1 saturated carbocycles. The minimum Gasteiger partial charge on any atom is -0.493 e. The molecule has 3 atom stereocenters. The molecule has 0 spiro atoms. The van der Waals surface area contributed by atoms with Gasteiger partial charge < -0.3 is 9.84 Å². The second kappa shape index (κ2) is 7.17. The molecule has 22 heavy (non-hydrogen) atoms. The van der Waals surface area contributed by atoms with Crippen molar-refractivity contribution < 1.29 is 14.6 Å². The Morgan fingerprint density at radius 2 is 2.05 bits per heavy atom. The molecule has 0 heterocycles. The van der Waals surface area contributed by atoms with Gasteiger partial charge in [0.2, 0.25) is 0 Å². The van der Waals surface area contributed by atoms with E-state index >= 15 is 0 Å². The van der Waals surface area contributed by atoms with Gasteiger partial charge in [-0.3, -0.25) is 4.79 Å². The van der Waals surface area contributed by atoms with E-state index in [4.69, 9.17) is 9.84 Å². The number of aliphatic carboxylic acids is 1. The minimum absolute atomic E-state index is 0.109. The van der Waals surface area contributed by atoms with Crippen LogP contribution in [0.4, 0.5) is 0 Å². The van der Waals surface area contributed by atoms with E-state index in [0.29, 0.717) is 11.8 Å². The molecule has 0 amide bonds. The van der Waals surface area contributed by atoms with Gasteiger partial charge in [0.15, 0.2) is 0 Å². The highest BCUT2D eigenvalue weighted by molar-refractivity contribution is 5.73. The number of hydrogen-bond acceptors (Lipinski definition) is 2. The fraction of sp³-hybridized carbons (Fsp3) is 0.632. The first kappa shape index (κ1) is 16.9. The lowest BCUT2D eigenvalue weighted by Crippen LogP contribution is -2.07. The summed E-state index contributed by atoms with van der Waals surface area (Å²) in [5.74, 6) is 1.05. The van der Waals surface area contributed by atoms with E-state index < -0.39 is 5.97 Å². The van der Waals surface area contributed by atoms with Gasteiger partial charge in [-0.15, -0.1) is 0 Å². The van der Waals surface area contributed by atoms with Gasteiger partial charge in [-0.05, 0) is 74.1 Å². The number of rotatable bonds is 8. The van der Waals surface area contributed by atoms with Crippen molar-refractivity contribution in [3.8, 4) is 5.75 Å². The first-order valence-corrected chi connectivity index (χ1v) is 8.45. The van der Waals surface area contributed by atoms with E-state index in [9.17, 15) is 4.79 Å². The highest BCUT2D eigenvalue weighted by Crippen LogP contribution is 2.46. The van der Waals surface area contributed by atoms with Crippen LogP contribution in [0, 0.1) is 25.7 Å². The second-order valence-corrected chi connectivity index (χ2v) is 6.53. The fourth-order valence-corrected chi connectivity index (χ4v) is 3.32. The van der Waals surface area contributed by atoms with E-state index in [2.05, 4.69) is 39.8 Å². The average Bonchev–Trinajstić information content (AvgIpc) is 3.26. The van der Waals surface area contributed by atoms with Gasteiger partial charge in [0.25, 0.3) is 0 Å². The van der Waals surface area contributed by atoms with E-state index in [1.807, 2.05) is 0 Å². The molecule has 2 rings (SSSR count). The molecule has 1 aromatic rings. The van der Waals surface area contributed by atoms with Crippen LogP contribution in [-0.2, 0) is 4.79 Å². The maximum absolute atomic E-state index is 11.0. The van der Waals surface area contributed by atoms with Crippen LogP contribution in [0.1, 0.15) is 62.1 Å². The lowest BCUT2D eigenvalue weighted by Gasteiger charge is -2.21. The Morgan fingerprint density at radius 3 is 2.59 bits per heavy atom. The molecular weight excluding hydrogens is 276 g/mol. The summed E-state index contributed by atoms with van der Waals surface area (Å²) in [5.41, 5.74) is 3.88. The summed E-state index contributed by atoms with van der Waals surface area (Å²) in [6, 6.07) is 4.26. The molecule has 1 fully saturated rings. The Labute approximate surface area is 133 Å². The molecule has 1 N–H and O–H groups in total. The Kier molecular flexibility index (Phi) is 5.49. The van der Waals surface area contributed by atoms with Gasteiger partial charge in [0.05, 0.1) is 12.5 Å². The molecule has 0 aromatic heterocycles. The third-order valence-electron chi connectivity index (χ3n) is 5.00. The summed E-state index contributed by atoms with van der Waals surface area (Å²) in [4.78, 5) is 11.0. The standard InChI is InChI=1S/C19H28O3/c1-5-9-22-18-8-7-16(12(3)13(18)4)14(6-2)10-15-11-17(15)19(20)21/h7-8,14-15,17H,5-6,9-11H2,1-4H3,(H,20,21). The molecule has 3 unspecified atom stereocenters. The van der Waals surface area contributed by atoms with Crippen LogP contribution in [0.2, 0.25) is 0 Å². The van der Waals surface area contributed by atoms with Crippen molar-refractivity contribution >= 4 is 5.97 Å². The van der Waals surface area contributed by atoms with Gasteiger partial charge in [-0.1, -0.05) is 19.9 Å². The monoisotopic (exact) mass is 304 g/mol. The smallest absolute Gasteiger partial charge is 0.306 e. The lowest BCUT2D eigenvalue weighted by molar-refractivity contribution is -0.138. The molecular formula is C19H28O3. The van der Waals surface area contributed by atoms with E-state index in [1.165, 1.54) is 16.7 Å². The average molecular weight is 304 g/mol. The molecule has 3 nitrogen and oxygen atoms in total. The van der Waals surface area contributed by atoms with Gasteiger partial charge in [0.1, 0.15) is 5.75 Å². The summed E-state index contributed by atoms with van der Waals surface area (Å²) >= 11 is 0. The highest BCUT2D eigenvalue weighted by atomic mass is 16.5. The van der Waals surface area contributed by atoms with E-state index in [-0.39, 0.29) is 5.92 Å². The van der Waals surface area contributed by atoms with Crippen molar-refractivity contribution in [3.63, 3.8) is 0 Å². The Morgan fingerprint density at radius 1 is 1.32 bits per heavy atom. The summed E-state index contributed by atoms with van der Waals surface area (Å²) in [6.45, 7) is 9.33. The van der Waals surface area contributed by atoms with Gasteiger partial charge in [0, 0.05) is 0 Å². The zero-order chi connectivity index (χ0) is 16.3. The Bertz CT molecular complexity index is 536. The van der Waals surface area contributed by atoms with E-state index in [0.717, 1.165) is 38.0 Å². The molecule has 0 aliphatic heterocycles. The van der Waals surface area contributed by atoms with E-state index in [1.54, 1.807) is 0 Å². The quantitative estimate of drug-likeness (QED) is 0.757. The molecule has 0 saturated heterocycles. The zero-order valence-electron chi connectivity index (χ0n) is 14.2. The SMILES string of the molecule is CCCOc1ccc(C(CC)CC2CC2C(=O)O)c(C)c1C. The molecule has 1 aromatic carbocycles. The predicted molar refractivity (Wildman–Crippen MR) is 88.6 cm³/mol. The number of hydrogen-bond donors (Lipinski definition) is 1. The lowest BCUT2D eigenvalue weighted by atomic mass is 9.86. The third kappa shape index (κ3) is 3.63. The molecule has 122 valence electrons. The molecule has 0 bridgehead atoms. The second-order valence-electron chi connectivity index (χ2n) is 6.53. The molecule has 1 aliphatic carbocycles. The highest BCUT2D eigenvalue weighted by Gasteiger charge is 2.44. The number of benzene rings is 1. The molecule has 3 heteroatoms. The number of carbonyl (C=O) groups is 1.